The fraction of sp³-hybridized carbons (Fsp3) is 0.875. The summed E-state index contributed by atoms with van der Waals surface area (Å²) >= 11 is 0. The summed E-state index contributed by atoms with van der Waals surface area (Å²) in [7, 11) is 0. The highest BCUT2D eigenvalue weighted by atomic mass is 19.3. The van der Waals surface area contributed by atoms with Gasteiger partial charge in [0.1, 0.15) is 0 Å². The molecule has 0 aliphatic rings. The fourth-order valence-corrected chi connectivity index (χ4v) is 0.559. The number of esters is 1. The molecule has 0 aromatic heterocycles. The van der Waals surface area contributed by atoms with Crippen LogP contribution in [-0.4, -0.2) is 18.5 Å². The van der Waals surface area contributed by atoms with E-state index < -0.39 is 18.3 Å². The van der Waals surface area contributed by atoms with Gasteiger partial charge in [0.25, 0.3) is 0 Å². The number of halogens is 2. The molecule has 0 rings (SSSR count). The topological polar surface area (TPSA) is 26.3 Å². The zero-order valence-corrected chi connectivity index (χ0v) is 7.40. The Morgan fingerprint density at radius 3 is 2.42 bits per heavy atom. The molecule has 72 valence electrons. The monoisotopic (exact) mass is 180 g/mol. The Bertz CT molecular complexity index is 146. The lowest BCUT2D eigenvalue weighted by Gasteiger charge is -2.12. The van der Waals surface area contributed by atoms with Crippen LogP contribution in [0.1, 0.15) is 33.1 Å². The Morgan fingerprint density at radius 1 is 1.42 bits per heavy atom. The smallest absolute Gasteiger partial charge is 0.376 e. The van der Waals surface area contributed by atoms with Crippen LogP contribution in [0.2, 0.25) is 0 Å². The first-order valence-corrected chi connectivity index (χ1v) is 4.09. The van der Waals surface area contributed by atoms with Crippen molar-refractivity contribution < 1.29 is 18.3 Å². The van der Waals surface area contributed by atoms with Crippen LogP contribution in [0.5, 0.6) is 0 Å². The predicted molar refractivity (Wildman–Crippen MR) is 41.1 cm³/mol. The summed E-state index contributed by atoms with van der Waals surface area (Å²) in [5.74, 6) is -4.72. The second-order valence-electron chi connectivity index (χ2n) is 2.55. The van der Waals surface area contributed by atoms with Gasteiger partial charge in [-0.2, -0.15) is 8.78 Å². The quantitative estimate of drug-likeness (QED) is 0.479. The summed E-state index contributed by atoms with van der Waals surface area (Å²) in [6.07, 6.45) is 0.953. The van der Waals surface area contributed by atoms with Gasteiger partial charge in [0, 0.05) is 6.42 Å². The molecule has 0 heterocycles. The normalized spacial score (nSPS) is 11.3. The molecule has 0 unspecified atom stereocenters. The Morgan fingerprint density at radius 2 is 2.00 bits per heavy atom. The molecule has 0 aliphatic carbocycles. The van der Waals surface area contributed by atoms with Gasteiger partial charge in [-0.05, 0) is 6.42 Å². The number of carbonyl (C=O) groups is 1. The van der Waals surface area contributed by atoms with Crippen molar-refractivity contribution in [3.63, 3.8) is 0 Å². The van der Waals surface area contributed by atoms with Crippen molar-refractivity contribution in [3.05, 3.63) is 0 Å². The second kappa shape index (κ2) is 5.06. The maximum absolute atomic E-state index is 12.5. The van der Waals surface area contributed by atoms with Crippen LogP contribution in [-0.2, 0) is 9.53 Å². The molecular weight excluding hydrogens is 166 g/mol. The van der Waals surface area contributed by atoms with Gasteiger partial charge in [-0.1, -0.05) is 20.3 Å². The van der Waals surface area contributed by atoms with Crippen molar-refractivity contribution in [1.29, 1.82) is 0 Å². The van der Waals surface area contributed by atoms with Gasteiger partial charge in [0.05, 0.1) is 6.61 Å². The molecule has 0 bridgehead atoms. The van der Waals surface area contributed by atoms with Crippen LogP contribution < -0.4 is 0 Å². The average molecular weight is 180 g/mol. The van der Waals surface area contributed by atoms with Gasteiger partial charge in [0.15, 0.2) is 0 Å². The third kappa shape index (κ3) is 3.64. The maximum Gasteiger partial charge on any atom is 0.376 e. The molecule has 0 spiro atoms. The van der Waals surface area contributed by atoms with Crippen LogP contribution in [0.25, 0.3) is 0 Å². The molecule has 0 radical (unpaired) electrons. The molecule has 0 aromatic rings. The molecule has 0 amide bonds. The summed E-state index contributed by atoms with van der Waals surface area (Å²) in [4.78, 5) is 10.6. The number of hydrogen-bond acceptors (Lipinski definition) is 2. The lowest BCUT2D eigenvalue weighted by atomic mass is 10.3. The van der Waals surface area contributed by atoms with E-state index in [0.717, 1.165) is 6.42 Å². The summed E-state index contributed by atoms with van der Waals surface area (Å²) in [6.45, 7) is 3.23. The van der Waals surface area contributed by atoms with Crippen LogP contribution in [0.15, 0.2) is 0 Å². The zero-order valence-electron chi connectivity index (χ0n) is 7.40. The molecule has 12 heavy (non-hydrogen) atoms. The van der Waals surface area contributed by atoms with Gasteiger partial charge in [-0.25, -0.2) is 4.79 Å². The molecule has 0 aromatic carbocycles. The first-order chi connectivity index (χ1) is 5.54. The first kappa shape index (κ1) is 11.3. The van der Waals surface area contributed by atoms with Crippen LogP contribution >= 0.6 is 0 Å². The second-order valence-corrected chi connectivity index (χ2v) is 2.55. The largest absolute Gasteiger partial charge is 0.461 e. The van der Waals surface area contributed by atoms with Crippen LogP contribution in [0.4, 0.5) is 8.78 Å². The number of carbonyl (C=O) groups excluding carboxylic acids is 1. The summed E-state index contributed by atoms with van der Waals surface area (Å²) < 4.78 is 29.3. The van der Waals surface area contributed by atoms with E-state index in [0.29, 0.717) is 6.42 Å². The standard InChI is InChI=1S/C8H14F2O2/c1-3-5-6-12-7(11)8(9,10)4-2/h3-6H2,1-2H3. The molecule has 2 nitrogen and oxygen atoms in total. The van der Waals surface area contributed by atoms with E-state index >= 15 is 0 Å². The summed E-state index contributed by atoms with van der Waals surface area (Å²) in [5, 5.41) is 0. The maximum atomic E-state index is 12.5. The Balaban J connectivity index is 3.72. The van der Waals surface area contributed by atoms with E-state index in [1.165, 1.54) is 6.92 Å². The van der Waals surface area contributed by atoms with Crippen LogP contribution in [0.3, 0.4) is 0 Å². The highest BCUT2D eigenvalue weighted by molar-refractivity contribution is 5.77. The van der Waals surface area contributed by atoms with E-state index in [1.807, 2.05) is 6.92 Å². The van der Waals surface area contributed by atoms with E-state index in [4.69, 9.17) is 0 Å². The highest BCUT2D eigenvalue weighted by Gasteiger charge is 2.38. The molecule has 0 aliphatic heterocycles. The number of rotatable bonds is 5. The Hall–Kier alpha value is -0.670. The minimum atomic E-state index is -3.31. The number of hydrogen-bond donors (Lipinski definition) is 0. The lowest BCUT2D eigenvalue weighted by Crippen LogP contribution is -2.30. The van der Waals surface area contributed by atoms with E-state index in [-0.39, 0.29) is 6.61 Å². The van der Waals surface area contributed by atoms with Gasteiger partial charge >= 0.3 is 11.9 Å². The number of alkyl halides is 2. The molecule has 0 fully saturated rings. The van der Waals surface area contributed by atoms with E-state index in [1.54, 1.807) is 0 Å². The summed E-state index contributed by atoms with van der Waals surface area (Å²) in [5.41, 5.74) is 0. The zero-order chi connectivity index (χ0) is 9.61. The van der Waals surface area contributed by atoms with Crippen molar-refractivity contribution in [2.24, 2.45) is 0 Å². The Labute approximate surface area is 70.9 Å². The predicted octanol–water partition coefficient (Wildman–Crippen LogP) is 2.38. The van der Waals surface area contributed by atoms with Gasteiger partial charge < -0.3 is 4.74 Å². The average Bonchev–Trinajstić information content (AvgIpc) is 2.05. The van der Waals surface area contributed by atoms with E-state index in [9.17, 15) is 13.6 Å². The molecule has 4 heteroatoms. The van der Waals surface area contributed by atoms with Gasteiger partial charge in [-0.3, -0.25) is 0 Å². The third-order valence-electron chi connectivity index (χ3n) is 1.47. The third-order valence-corrected chi connectivity index (χ3v) is 1.47. The minimum absolute atomic E-state index is 0.0882. The Kier molecular flexibility index (Phi) is 4.78. The van der Waals surface area contributed by atoms with Crippen LogP contribution in [0, 0.1) is 0 Å². The van der Waals surface area contributed by atoms with Crippen molar-refractivity contribution in [1.82, 2.24) is 0 Å². The molecular formula is C8H14F2O2. The first-order valence-electron chi connectivity index (χ1n) is 4.09. The molecule has 0 N–H and O–H groups in total. The minimum Gasteiger partial charge on any atom is -0.461 e. The molecule has 0 saturated carbocycles. The van der Waals surface area contributed by atoms with E-state index in [2.05, 4.69) is 4.74 Å². The SMILES string of the molecule is CCCCOC(=O)C(F)(F)CC. The summed E-state index contributed by atoms with van der Waals surface area (Å²) in [6, 6.07) is 0. The van der Waals surface area contributed by atoms with Crippen molar-refractivity contribution in [3.8, 4) is 0 Å². The lowest BCUT2D eigenvalue weighted by molar-refractivity contribution is -0.172. The van der Waals surface area contributed by atoms with Crippen molar-refractivity contribution in [2.75, 3.05) is 6.61 Å². The van der Waals surface area contributed by atoms with Gasteiger partial charge in [0.2, 0.25) is 0 Å². The fourth-order valence-electron chi connectivity index (χ4n) is 0.559. The molecule has 0 atom stereocenters. The van der Waals surface area contributed by atoms with Crippen molar-refractivity contribution in [2.45, 2.75) is 39.0 Å². The number of ether oxygens (including phenoxy) is 1. The number of unbranched alkanes of at least 4 members (excludes halogenated alkanes) is 1. The highest BCUT2D eigenvalue weighted by Crippen LogP contribution is 2.19. The van der Waals surface area contributed by atoms with Gasteiger partial charge in [-0.15, -0.1) is 0 Å². The van der Waals surface area contributed by atoms with Crippen molar-refractivity contribution >= 4 is 5.97 Å². The molecule has 0 saturated heterocycles.